The number of carbonyl (C=O) groups excluding carboxylic acids is 2. The number of anilines is 2. The number of rotatable bonds is 7. The molecule has 162 valence electrons. The molecule has 0 bridgehead atoms. The Hall–Kier alpha value is -3.01. The third kappa shape index (κ3) is 5.38. The van der Waals surface area contributed by atoms with Gasteiger partial charge in [-0.15, -0.1) is 0 Å². The second kappa shape index (κ2) is 9.86. The number of carbonyl (C=O) groups is 2. The highest BCUT2D eigenvalue weighted by molar-refractivity contribution is 7.71. The highest BCUT2D eigenvalue weighted by atomic mass is 35.5. The van der Waals surface area contributed by atoms with E-state index in [1.807, 2.05) is 0 Å². The Morgan fingerprint density at radius 2 is 1.94 bits per heavy atom. The SMILES string of the molecule is COCCCn1c(=S)[nH]c2cc(C(=O)Nc3cc(Cl)ccc3NC(C)=O)ccc2c1=O. The number of halogens is 1. The number of methoxy groups -OCH3 is 1. The maximum Gasteiger partial charge on any atom is 0.262 e. The minimum absolute atomic E-state index is 0.232. The Morgan fingerprint density at radius 3 is 2.65 bits per heavy atom. The number of fused-ring (bicyclic) bond motifs is 1. The zero-order valence-electron chi connectivity index (χ0n) is 17.0. The Bertz CT molecular complexity index is 1270. The number of hydrogen-bond donors (Lipinski definition) is 3. The summed E-state index contributed by atoms with van der Waals surface area (Å²) >= 11 is 11.3. The molecule has 0 saturated heterocycles. The van der Waals surface area contributed by atoms with Gasteiger partial charge in [-0.2, -0.15) is 0 Å². The molecule has 3 aromatic rings. The molecular formula is C21H21ClN4O4S. The summed E-state index contributed by atoms with van der Waals surface area (Å²) in [6, 6.07) is 9.44. The molecule has 0 fully saturated rings. The Morgan fingerprint density at radius 1 is 1.16 bits per heavy atom. The molecular weight excluding hydrogens is 440 g/mol. The second-order valence-corrected chi connectivity index (χ2v) is 7.64. The Balaban J connectivity index is 1.92. The number of aromatic nitrogens is 2. The fraction of sp³-hybridized carbons (Fsp3) is 0.238. The van der Waals surface area contributed by atoms with Crippen LogP contribution in [-0.2, 0) is 16.1 Å². The fourth-order valence-corrected chi connectivity index (χ4v) is 3.54. The minimum Gasteiger partial charge on any atom is -0.385 e. The third-order valence-electron chi connectivity index (χ3n) is 4.51. The number of benzene rings is 2. The summed E-state index contributed by atoms with van der Waals surface area (Å²) in [4.78, 5) is 40.0. The molecule has 0 saturated carbocycles. The molecule has 1 heterocycles. The van der Waals surface area contributed by atoms with Gasteiger partial charge in [0.25, 0.3) is 11.5 Å². The minimum atomic E-state index is -0.431. The van der Waals surface area contributed by atoms with Crippen molar-refractivity contribution in [2.45, 2.75) is 19.9 Å². The molecule has 8 nitrogen and oxygen atoms in total. The van der Waals surface area contributed by atoms with Gasteiger partial charge in [-0.3, -0.25) is 19.0 Å². The average Bonchev–Trinajstić information content (AvgIpc) is 2.71. The van der Waals surface area contributed by atoms with E-state index in [1.165, 1.54) is 17.6 Å². The van der Waals surface area contributed by atoms with Crippen molar-refractivity contribution in [3.63, 3.8) is 0 Å². The van der Waals surface area contributed by atoms with Crippen molar-refractivity contribution in [3.05, 3.63) is 62.1 Å². The predicted molar refractivity (Wildman–Crippen MR) is 124 cm³/mol. The number of H-pyrrole nitrogens is 1. The molecule has 0 aliphatic rings. The normalized spacial score (nSPS) is 10.8. The van der Waals surface area contributed by atoms with Crippen LogP contribution in [0, 0.1) is 4.77 Å². The maximum atomic E-state index is 12.8. The van der Waals surface area contributed by atoms with E-state index >= 15 is 0 Å². The van der Waals surface area contributed by atoms with Gasteiger partial charge in [-0.25, -0.2) is 0 Å². The summed E-state index contributed by atoms with van der Waals surface area (Å²) in [6.07, 6.45) is 0.649. The molecule has 0 unspecified atom stereocenters. The molecule has 0 radical (unpaired) electrons. The highest BCUT2D eigenvalue weighted by Gasteiger charge is 2.13. The van der Waals surface area contributed by atoms with E-state index in [4.69, 9.17) is 28.6 Å². The largest absolute Gasteiger partial charge is 0.385 e. The van der Waals surface area contributed by atoms with Gasteiger partial charge in [0.05, 0.1) is 22.3 Å². The van der Waals surface area contributed by atoms with Gasteiger partial charge in [0, 0.05) is 37.8 Å². The first kappa shape index (κ1) is 22.7. The summed E-state index contributed by atoms with van der Waals surface area (Å²) in [5, 5.41) is 6.21. The molecule has 31 heavy (non-hydrogen) atoms. The third-order valence-corrected chi connectivity index (χ3v) is 5.07. The van der Waals surface area contributed by atoms with Gasteiger partial charge in [0.1, 0.15) is 0 Å². The zero-order valence-corrected chi connectivity index (χ0v) is 18.5. The van der Waals surface area contributed by atoms with Crippen LogP contribution in [0.2, 0.25) is 5.02 Å². The smallest absolute Gasteiger partial charge is 0.262 e. The number of aromatic amines is 1. The quantitative estimate of drug-likeness (QED) is 0.365. The first-order valence-corrected chi connectivity index (χ1v) is 10.2. The summed E-state index contributed by atoms with van der Waals surface area (Å²) in [5.74, 6) is -0.711. The lowest BCUT2D eigenvalue weighted by molar-refractivity contribution is -0.114. The summed E-state index contributed by atoms with van der Waals surface area (Å²) in [6.45, 7) is 2.32. The van der Waals surface area contributed by atoms with Crippen LogP contribution in [-0.4, -0.2) is 35.1 Å². The number of amides is 2. The highest BCUT2D eigenvalue weighted by Crippen LogP contribution is 2.26. The van der Waals surface area contributed by atoms with Crippen molar-refractivity contribution in [1.29, 1.82) is 0 Å². The lowest BCUT2D eigenvalue weighted by Crippen LogP contribution is -2.23. The van der Waals surface area contributed by atoms with Crippen LogP contribution in [0.1, 0.15) is 23.7 Å². The average molecular weight is 461 g/mol. The van der Waals surface area contributed by atoms with E-state index < -0.39 is 5.91 Å². The van der Waals surface area contributed by atoms with Gasteiger partial charge in [-0.1, -0.05) is 11.6 Å². The first-order chi connectivity index (χ1) is 14.8. The molecule has 0 atom stereocenters. The van der Waals surface area contributed by atoms with Crippen molar-refractivity contribution in [2.24, 2.45) is 0 Å². The predicted octanol–water partition coefficient (Wildman–Crippen LogP) is 3.96. The number of hydrogen-bond acceptors (Lipinski definition) is 5. The van der Waals surface area contributed by atoms with Gasteiger partial charge < -0.3 is 20.4 Å². The second-order valence-electron chi connectivity index (χ2n) is 6.82. The van der Waals surface area contributed by atoms with Gasteiger partial charge in [0.2, 0.25) is 5.91 Å². The molecule has 10 heteroatoms. The van der Waals surface area contributed by atoms with Crippen molar-refractivity contribution in [3.8, 4) is 0 Å². The van der Waals surface area contributed by atoms with Crippen LogP contribution in [0.5, 0.6) is 0 Å². The van der Waals surface area contributed by atoms with Crippen molar-refractivity contribution < 1.29 is 14.3 Å². The van der Waals surface area contributed by atoms with E-state index in [-0.39, 0.29) is 16.2 Å². The van der Waals surface area contributed by atoms with E-state index in [0.717, 1.165) is 0 Å². The van der Waals surface area contributed by atoms with Crippen molar-refractivity contribution >= 4 is 57.9 Å². The van der Waals surface area contributed by atoms with Crippen LogP contribution in [0.15, 0.2) is 41.2 Å². The molecule has 2 amide bonds. The summed E-state index contributed by atoms with van der Waals surface area (Å²) < 4.78 is 6.77. The van der Waals surface area contributed by atoms with E-state index in [9.17, 15) is 14.4 Å². The molecule has 3 N–H and O–H groups in total. The number of nitrogens with one attached hydrogen (secondary N) is 3. The fourth-order valence-electron chi connectivity index (χ4n) is 3.08. The van der Waals surface area contributed by atoms with Crippen LogP contribution in [0.4, 0.5) is 11.4 Å². The maximum absolute atomic E-state index is 12.8. The van der Waals surface area contributed by atoms with Crippen LogP contribution >= 0.6 is 23.8 Å². The van der Waals surface area contributed by atoms with E-state index in [1.54, 1.807) is 37.4 Å². The van der Waals surface area contributed by atoms with Crippen molar-refractivity contribution in [1.82, 2.24) is 9.55 Å². The number of nitrogens with zero attached hydrogens (tertiary/aromatic N) is 1. The lowest BCUT2D eigenvalue weighted by Gasteiger charge is -2.13. The van der Waals surface area contributed by atoms with Crippen molar-refractivity contribution in [2.75, 3.05) is 24.4 Å². The zero-order chi connectivity index (χ0) is 22.5. The molecule has 2 aromatic carbocycles. The molecule has 3 rings (SSSR count). The lowest BCUT2D eigenvalue weighted by atomic mass is 10.1. The van der Waals surface area contributed by atoms with Gasteiger partial charge in [0.15, 0.2) is 4.77 Å². The number of ether oxygens (including phenoxy) is 1. The molecule has 1 aromatic heterocycles. The topological polar surface area (TPSA) is 105 Å². The summed E-state index contributed by atoms with van der Waals surface area (Å²) in [7, 11) is 1.60. The van der Waals surface area contributed by atoms with Crippen LogP contribution < -0.4 is 16.2 Å². The van der Waals surface area contributed by atoms with Gasteiger partial charge in [-0.05, 0) is 55.0 Å². The van der Waals surface area contributed by atoms with E-state index in [2.05, 4.69) is 15.6 Å². The van der Waals surface area contributed by atoms with Crippen LogP contribution in [0.3, 0.4) is 0 Å². The Labute approximate surface area is 188 Å². The Kier molecular flexibility index (Phi) is 7.21. The first-order valence-electron chi connectivity index (χ1n) is 9.44. The molecule has 0 aliphatic heterocycles. The molecule has 0 spiro atoms. The standard InChI is InChI=1S/C21H21ClN4O4S/c1-12(27)23-16-7-5-14(22)11-18(16)24-19(28)13-4-6-15-17(10-13)25-21(31)26(20(15)29)8-3-9-30-2/h4-7,10-11H,3,8-9H2,1-2H3,(H,23,27)(H,24,28)(H,25,31). The summed E-state index contributed by atoms with van der Waals surface area (Å²) in [5.41, 5.74) is 1.31. The van der Waals surface area contributed by atoms with Crippen LogP contribution in [0.25, 0.3) is 10.9 Å². The van der Waals surface area contributed by atoms with Gasteiger partial charge >= 0.3 is 0 Å². The molecule has 0 aliphatic carbocycles. The van der Waals surface area contributed by atoms with E-state index in [0.29, 0.717) is 52.4 Å². The monoisotopic (exact) mass is 460 g/mol.